The van der Waals surface area contributed by atoms with Crippen molar-refractivity contribution in [1.82, 2.24) is 25.1 Å². The smallest absolute Gasteiger partial charge is 0.326 e. The van der Waals surface area contributed by atoms with Gasteiger partial charge in [-0.2, -0.15) is 5.10 Å². The van der Waals surface area contributed by atoms with Gasteiger partial charge in [-0.15, -0.1) is 11.3 Å². The molecule has 3 aromatic rings. The summed E-state index contributed by atoms with van der Waals surface area (Å²) in [5, 5.41) is 16.7. The first-order chi connectivity index (χ1) is 12.5. The first-order valence-electron chi connectivity index (χ1n) is 7.98. The molecule has 4 rings (SSSR count). The number of rotatable bonds is 3. The summed E-state index contributed by atoms with van der Waals surface area (Å²) in [6.45, 7) is 2.00. The minimum Gasteiger partial charge on any atom is -0.480 e. The van der Waals surface area contributed by atoms with Crippen LogP contribution in [0.1, 0.15) is 26.5 Å². The van der Waals surface area contributed by atoms with Gasteiger partial charge >= 0.3 is 5.97 Å². The van der Waals surface area contributed by atoms with Crippen molar-refractivity contribution in [1.29, 1.82) is 0 Å². The molecule has 1 aliphatic rings. The summed E-state index contributed by atoms with van der Waals surface area (Å²) in [5.74, 6) is -0.853. The molecule has 1 aliphatic heterocycles. The summed E-state index contributed by atoms with van der Waals surface area (Å²) in [5.41, 5.74) is 2.48. The normalized spacial score (nSPS) is 16.3. The van der Waals surface area contributed by atoms with Crippen LogP contribution in [-0.4, -0.2) is 48.1 Å². The van der Waals surface area contributed by atoms with Crippen LogP contribution in [0.2, 0.25) is 0 Å². The maximum atomic E-state index is 13.1. The number of benzene rings is 1. The molecule has 132 valence electrons. The summed E-state index contributed by atoms with van der Waals surface area (Å²) in [6.07, 6.45) is 1.67. The van der Waals surface area contributed by atoms with Crippen LogP contribution in [0.4, 0.5) is 0 Å². The Balaban J connectivity index is 1.70. The quantitative estimate of drug-likeness (QED) is 0.729. The predicted molar refractivity (Wildman–Crippen MR) is 93.7 cm³/mol. The second-order valence-electron chi connectivity index (χ2n) is 6.03. The fourth-order valence-corrected chi connectivity index (χ4v) is 4.06. The van der Waals surface area contributed by atoms with E-state index in [2.05, 4.69) is 20.2 Å². The molecule has 9 heteroatoms. The number of carbonyl (C=O) groups excluding carboxylic acids is 1. The average Bonchev–Trinajstić information content (AvgIpc) is 3.29. The lowest BCUT2D eigenvalue weighted by molar-refractivity contribution is -0.142. The molecule has 0 fully saturated rings. The van der Waals surface area contributed by atoms with Gasteiger partial charge in [0.05, 0.1) is 5.69 Å². The van der Waals surface area contributed by atoms with Crippen LogP contribution < -0.4 is 0 Å². The molecule has 0 aliphatic carbocycles. The molecule has 0 spiro atoms. The van der Waals surface area contributed by atoms with E-state index < -0.39 is 12.0 Å². The molecule has 2 aromatic heterocycles. The molecule has 3 heterocycles. The fraction of sp³-hybridized carbons (Fsp3) is 0.235. The zero-order chi connectivity index (χ0) is 18.3. The number of carboxylic acid groups (broad SMARTS) is 1. The molecular formula is C17H15N5O3S. The van der Waals surface area contributed by atoms with Crippen LogP contribution in [0.25, 0.3) is 10.8 Å². The Kier molecular flexibility index (Phi) is 4.00. The third kappa shape index (κ3) is 2.76. The molecular weight excluding hydrogens is 354 g/mol. The van der Waals surface area contributed by atoms with Gasteiger partial charge in [-0.05, 0) is 18.1 Å². The number of nitrogens with zero attached hydrogens (tertiary/aromatic N) is 4. The molecule has 8 nitrogen and oxygen atoms in total. The van der Waals surface area contributed by atoms with Gasteiger partial charge in [0.2, 0.25) is 0 Å². The lowest BCUT2D eigenvalue weighted by atomic mass is 9.94. The van der Waals surface area contributed by atoms with Crippen molar-refractivity contribution in [3.05, 3.63) is 52.3 Å². The number of aliphatic carboxylic acids is 1. The highest BCUT2D eigenvalue weighted by Crippen LogP contribution is 2.30. The van der Waals surface area contributed by atoms with E-state index in [1.807, 2.05) is 24.3 Å². The van der Waals surface area contributed by atoms with Gasteiger partial charge in [0.15, 0.2) is 10.8 Å². The van der Waals surface area contributed by atoms with E-state index in [1.54, 1.807) is 6.92 Å². The molecule has 0 radical (unpaired) electrons. The second-order valence-corrected chi connectivity index (χ2v) is 7.03. The number of aromatic amines is 1. The van der Waals surface area contributed by atoms with Gasteiger partial charge < -0.3 is 10.0 Å². The number of thiazole rings is 1. The van der Waals surface area contributed by atoms with E-state index in [0.29, 0.717) is 27.8 Å². The highest BCUT2D eigenvalue weighted by atomic mass is 32.1. The lowest BCUT2D eigenvalue weighted by Gasteiger charge is -2.34. The van der Waals surface area contributed by atoms with E-state index in [9.17, 15) is 14.7 Å². The third-order valence-electron chi connectivity index (χ3n) is 4.40. The number of fused-ring (bicyclic) bond motifs is 1. The van der Waals surface area contributed by atoms with Crippen molar-refractivity contribution >= 4 is 23.2 Å². The Hall–Kier alpha value is -3.07. The van der Waals surface area contributed by atoms with Gasteiger partial charge in [-0.3, -0.25) is 9.89 Å². The number of amides is 1. The third-order valence-corrected chi connectivity index (χ3v) is 5.56. The van der Waals surface area contributed by atoms with Crippen molar-refractivity contribution in [2.24, 2.45) is 0 Å². The Morgan fingerprint density at radius 2 is 2.08 bits per heavy atom. The van der Waals surface area contributed by atoms with Crippen LogP contribution in [-0.2, 0) is 17.8 Å². The molecule has 1 amide bonds. The number of nitrogens with one attached hydrogen (secondary N) is 1. The Labute approximate surface area is 152 Å². The van der Waals surface area contributed by atoms with Crippen LogP contribution in [0.5, 0.6) is 0 Å². The van der Waals surface area contributed by atoms with E-state index in [1.165, 1.54) is 22.6 Å². The van der Waals surface area contributed by atoms with Crippen LogP contribution >= 0.6 is 11.3 Å². The standard InChI is InChI=1S/C17H15N5O3S/c1-9-13(26-15(20-9)14-18-8-19-21-14)16(23)22-7-11-5-3-2-4-10(11)6-12(22)17(24)25/h2-5,8,12H,6-7H2,1H3,(H,24,25)(H,18,19,21). The van der Waals surface area contributed by atoms with E-state index in [4.69, 9.17) is 0 Å². The summed E-state index contributed by atoms with van der Waals surface area (Å²) >= 11 is 1.19. The Morgan fingerprint density at radius 3 is 2.77 bits per heavy atom. The largest absolute Gasteiger partial charge is 0.480 e. The van der Waals surface area contributed by atoms with Gasteiger partial charge in [0.1, 0.15) is 17.2 Å². The van der Waals surface area contributed by atoms with Crippen LogP contribution in [0, 0.1) is 6.92 Å². The van der Waals surface area contributed by atoms with E-state index >= 15 is 0 Å². The van der Waals surface area contributed by atoms with Gasteiger partial charge in [-0.1, -0.05) is 24.3 Å². The Morgan fingerprint density at radius 1 is 1.31 bits per heavy atom. The molecule has 0 saturated heterocycles. The lowest BCUT2D eigenvalue weighted by Crippen LogP contribution is -2.48. The molecule has 1 unspecified atom stereocenters. The first kappa shape index (κ1) is 16.4. The van der Waals surface area contributed by atoms with E-state index in [-0.39, 0.29) is 12.5 Å². The van der Waals surface area contributed by atoms with Crippen LogP contribution in [0.15, 0.2) is 30.6 Å². The fourth-order valence-electron chi connectivity index (χ4n) is 3.09. The highest BCUT2D eigenvalue weighted by Gasteiger charge is 2.36. The summed E-state index contributed by atoms with van der Waals surface area (Å²) < 4.78 is 0. The predicted octanol–water partition coefficient (Wildman–Crippen LogP) is 1.89. The maximum absolute atomic E-state index is 13.1. The molecule has 1 atom stereocenters. The van der Waals surface area contributed by atoms with Gasteiger partial charge in [-0.25, -0.2) is 14.8 Å². The second kappa shape index (κ2) is 6.34. The molecule has 0 bridgehead atoms. The Bertz CT molecular complexity index is 982. The molecule has 0 saturated carbocycles. The van der Waals surface area contributed by atoms with Crippen molar-refractivity contribution in [3.63, 3.8) is 0 Å². The highest BCUT2D eigenvalue weighted by molar-refractivity contribution is 7.17. The van der Waals surface area contributed by atoms with Crippen molar-refractivity contribution in [2.45, 2.75) is 25.9 Å². The number of hydrogen-bond donors (Lipinski definition) is 2. The topological polar surface area (TPSA) is 112 Å². The summed E-state index contributed by atoms with van der Waals surface area (Å²) in [7, 11) is 0. The van der Waals surface area contributed by atoms with E-state index in [0.717, 1.165) is 11.1 Å². The van der Waals surface area contributed by atoms with Gasteiger partial charge in [0, 0.05) is 13.0 Å². The minimum absolute atomic E-state index is 0.265. The summed E-state index contributed by atoms with van der Waals surface area (Å²) in [4.78, 5) is 35.1. The zero-order valence-electron chi connectivity index (χ0n) is 13.8. The zero-order valence-corrected chi connectivity index (χ0v) is 14.7. The van der Waals surface area contributed by atoms with Gasteiger partial charge in [0.25, 0.3) is 5.91 Å². The average molecular weight is 369 g/mol. The number of H-pyrrole nitrogens is 1. The first-order valence-corrected chi connectivity index (χ1v) is 8.80. The number of carbonyl (C=O) groups is 2. The summed E-state index contributed by atoms with van der Waals surface area (Å²) in [6, 6.07) is 6.71. The maximum Gasteiger partial charge on any atom is 0.326 e. The molecule has 26 heavy (non-hydrogen) atoms. The number of hydrogen-bond acceptors (Lipinski definition) is 6. The van der Waals surface area contributed by atoms with Crippen molar-refractivity contribution in [2.75, 3.05) is 0 Å². The number of carboxylic acids is 1. The van der Waals surface area contributed by atoms with Crippen molar-refractivity contribution < 1.29 is 14.7 Å². The number of aromatic nitrogens is 4. The van der Waals surface area contributed by atoms with Crippen molar-refractivity contribution in [3.8, 4) is 10.8 Å². The molecule has 1 aromatic carbocycles. The molecule has 2 N–H and O–H groups in total. The SMILES string of the molecule is Cc1nc(-c2ncn[nH]2)sc1C(=O)N1Cc2ccccc2CC1C(=O)O. The monoisotopic (exact) mass is 369 g/mol. The number of aryl methyl sites for hydroxylation is 1. The minimum atomic E-state index is -1.01. The van der Waals surface area contributed by atoms with Crippen LogP contribution in [0.3, 0.4) is 0 Å².